The second-order valence-electron chi connectivity index (χ2n) is 5.42. The largest absolute Gasteiger partial charge is 0.354 e. The average molecular weight is 262 g/mol. The molecule has 19 heavy (non-hydrogen) atoms. The molecule has 1 fully saturated rings. The lowest BCUT2D eigenvalue weighted by atomic mass is 10.0. The van der Waals surface area contributed by atoms with Gasteiger partial charge in [-0.2, -0.15) is 0 Å². The summed E-state index contributed by atoms with van der Waals surface area (Å²) in [4.78, 5) is 16.9. The summed E-state index contributed by atoms with van der Waals surface area (Å²) in [5.41, 5.74) is 2.43. The van der Waals surface area contributed by atoms with Crippen LogP contribution in [0.1, 0.15) is 49.4 Å². The Kier molecular flexibility index (Phi) is 3.55. The fourth-order valence-electron chi connectivity index (χ4n) is 3.16. The number of nitrogens with zero attached hydrogens (tertiary/aromatic N) is 2. The minimum atomic E-state index is -0.0374. The number of fused-ring (bicyclic) bond motifs is 1. The number of amides is 1. The number of imidazole rings is 1. The van der Waals surface area contributed by atoms with Crippen LogP contribution in [0.4, 0.5) is 0 Å². The lowest BCUT2D eigenvalue weighted by Crippen LogP contribution is -2.39. The Hall–Kier alpha value is -1.36. The van der Waals surface area contributed by atoms with E-state index in [2.05, 4.69) is 22.1 Å². The van der Waals surface area contributed by atoms with Gasteiger partial charge in [0.05, 0.1) is 5.69 Å². The zero-order valence-corrected chi connectivity index (χ0v) is 11.5. The molecule has 2 aliphatic heterocycles. The van der Waals surface area contributed by atoms with E-state index in [1.807, 2.05) is 0 Å². The second kappa shape index (κ2) is 5.33. The summed E-state index contributed by atoms with van der Waals surface area (Å²) >= 11 is 0. The molecule has 0 spiro atoms. The molecule has 1 aromatic heterocycles. The Morgan fingerprint density at radius 2 is 2.32 bits per heavy atom. The van der Waals surface area contributed by atoms with Crippen LogP contribution in [-0.4, -0.2) is 28.5 Å². The molecule has 0 bridgehead atoms. The SMILES string of the molecule is CCCc1nc2c(n1C1CCCNC1=O)CCNC2. The fraction of sp³-hybridized carbons (Fsp3) is 0.714. The summed E-state index contributed by atoms with van der Waals surface area (Å²) in [5, 5.41) is 6.35. The third-order valence-corrected chi connectivity index (χ3v) is 4.04. The molecule has 1 atom stereocenters. The number of aromatic nitrogens is 2. The Morgan fingerprint density at radius 1 is 1.42 bits per heavy atom. The number of carbonyl (C=O) groups excluding carboxylic acids is 1. The van der Waals surface area contributed by atoms with Crippen LogP contribution in [0, 0.1) is 0 Å². The van der Waals surface area contributed by atoms with E-state index in [9.17, 15) is 4.79 Å². The molecule has 5 nitrogen and oxygen atoms in total. The number of hydrogen-bond donors (Lipinski definition) is 2. The van der Waals surface area contributed by atoms with E-state index in [1.54, 1.807) is 0 Å². The monoisotopic (exact) mass is 262 g/mol. The first-order chi connectivity index (χ1) is 9.31. The molecule has 1 aromatic rings. The summed E-state index contributed by atoms with van der Waals surface area (Å²) in [6.45, 7) is 4.81. The molecule has 0 aliphatic carbocycles. The average Bonchev–Trinajstić information content (AvgIpc) is 2.78. The van der Waals surface area contributed by atoms with Crippen molar-refractivity contribution in [2.45, 2.75) is 51.6 Å². The third kappa shape index (κ3) is 2.27. The Labute approximate surface area is 113 Å². The molecular weight excluding hydrogens is 240 g/mol. The van der Waals surface area contributed by atoms with Gasteiger partial charge in [0.1, 0.15) is 11.9 Å². The van der Waals surface area contributed by atoms with Crippen molar-refractivity contribution in [1.82, 2.24) is 20.2 Å². The first kappa shape index (κ1) is 12.7. The molecule has 0 radical (unpaired) electrons. The van der Waals surface area contributed by atoms with Crippen molar-refractivity contribution < 1.29 is 4.79 Å². The van der Waals surface area contributed by atoms with Crippen LogP contribution in [0.2, 0.25) is 0 Å². The van der Waals surface area contributed by atoms with Gasteiger partial charge in [-0.1, -0.05) is 6.92 Å². The zero-order chi connectivity index (χ0) is 13.2. The van der Waals surface area contributed by atoms with E-state index in [4.69, 9.17) is 4.98 Å². The molecule has 3 heterocycles. The maximum absolute atomic E-state index is 12.2. The Morgan fingerprint density at radius 3 is 3.11 bits per heavy atom. The van der Waals surface area contributed by atoms with Crippen molar-refractivity contribution in [2.75, 3.05) is 13.1 Å². The van der Waals surface area contributed by atoms with Crippen LogP contribution < -0.4 is 10.6 Å². The summed E-state index contributed by atoms with van der Waals surface area (Å²) in [7, 11) is 0. The van der Waals surface area contributed by atoms with E-state index in [0.29, 0.717) is 0 Å². The number of carbonyl (C=O) groups is 1. The molecule has 1 saturated heterocycles. The number of nitrogens with one attached hydrogen (secondary N) is 2. The van der Waals surface area contributed by atoms with Gasteiger partial charge >= 0.3 is 0 Å². The van der Waals surface area contributed by atoms with Crippen LogP contribution in [-0.2, 0) is 24.2 Å². The van der Waals surface area contributed by atoms with Gasteiger partial charge in [0.25, 0.3) is 0 Å². The van der Waals surface area contributed by atoms with Crippen LogP contribution in [0.15, 0.2) is 0 Å². The highest BCUT2D eigenvalue weighted by Gasteiger charge is 2.30. The lowest BCUT2D eigenvalue weighted by Gasteiger charge is -2.27. The lowest BCUT2D eigenvalue weighted by molar-refractivity contribution is -0.125. The first-order valence-corrected chi connectivity index (χ1v) is 7.38. The van der Waals surface area contributed by atoms with E-state index in [0.717, 1.165) is 63.3 Å². The van der Waals surface area contributed by atoms with Crippen molar-refractivity contribution in [1.29, 1.82) is 0 Å². The van der Waals surface area contributed by atoms with Gasteiger partial charge in [0, 0.05) is 38.2 Å². The highest BCUT2D eigenvalue weighted by molar-refractivity contribution is 5.81. The van der Waals surface area contributed by atoms with Crippen LogP contribution in [0.5, 0.6) is 0 Å². The number of aryl methyl sites for hydroxylation is 1. The highest BCUT2D eigenvalue weighted by atomic mass is 16.2. The number of hydrogen-bond acceptors (Lipinski definition) is 3. The van der Waals surface area contributed by atoms with Gasteiger partial charge in [0.2, 0.25) is 5.91 Å². The number of piperidine rings is 1. The van der Waals surface area contributed by atoms with E-state index >= 15 is 0 Å². The van der Waals surface area contributed by atoms with Gasteiger partial charge in [0.15, 0.2) is 0 Å². The molecular formula is C14H22N4O. The molecule has 1 amide bonds. The van der Waals surface area contributed by atoms with E-state index in [-0.39, 0.29) is 11.9 Å². The number of rotatable bonds is 3. The van der Waals surface area contributed by atoms with Crippen molar-refractivity contribution in [3.8, 4) is 0 Å². The van der Waals surface area contributed by atoms with Crippen molar-refractivity contribution >= 4 is 5.91 Å². The molecule has 0 aromatic carbocycles. The van der Waals surface area contributed by atoms with E-state index < -0.39 is 0 Å². The Bertz CT molecular complexity index is 480. The van der Waals surface area contributed by atoms with Gasteiger partial charge < -0.3 is 15.2 Å². The third-order valence-electron chi connectivity index (χ3n) is 4.04. The van der Waals surface area contributed by atoms with Gasteiger partial charge in [-0.25, -0.2) is 4.98 Å². The predicted octanol–water partition coefficient (Wildman–Crippen LogP) is 0.932. The Balaban J connectivity index is 2.01. The first-order valence-electron chi connectivity index (χ1n) is 7.38. The molecule has 0 saturated carbocycles. The smallest absolute Gasteiger partial charge is 0.243 e. The summed E-state index contributed by atoms with van der Waals surface area (Å²) in [6.07, 6.45) is 5.01. The highest BCUT2D eigenvalue weighted by Crippen LogP contribution is 2.26. The standard InChI is InChI=1S/C14H22N4O/c1-2-4-13-17-10-9-15-8-6-11(10)18(13)12-5-3-7-16-14(12)19/h12,15H,2-9H2,1H3,(H,16,19). The minimum Gasteiger partial charge on any atom is -0.354 e. The predicted molar refractivity (Wildman–Crippen MR) is 72.9 cm³/mol. The molecule has 3 rings (SSSR count). The topological polar surface area (TPSA) is 59.0 Å². The van der Waals surface area contributed by atoms with Crippen molar-refractivity contribution in [3.63, 3.8) is 0 Å². The van der Waals surface area contributed by atoms with Gasteiger partial charge in [-0.05, 0) is 19.3 Å². The maximum atomic E-state index is 12.2. The fourth-order valence-corrected chi connectivity index (χ4v) is 3.16. The molecule has 1 unspecified atom stereocenters. The summed E-state index contributed by atoms with van der Waals surface area (Å²) < 4.78 is 2.24. The molecule has 104 valence electrons. The summed E-state index contributed by atoms with van der Waals surface area (Å²) in [5.74, 6) is 1.26. The quantitative estimate of drug-likeness (QED) is 0.852. The van der Waals surface area contributed by atoms with E-state index in [1.165, 1.54) is 5.69 Å². The zero-order valence-electron chi connectivity index (χ0n) is 11.5. The van der Waals surface area contributed by atoms with Gasteiger partial charge in [-0.15, -0.1) is 0 Å². The molecule has 2 N–H and O–H groups in total. The van der Waals surface area contributed by atoms with Crippen LogP contribution in [0.25, 0.3) is 0 Å². The summed E-state index contributed by atoms with van der Waals surface area (Å²) in [6, 6.07) is -0.0374. The normalized spacial score (nSPS) is 23.0. The minimum absolute atomic E-state index is 0.0374. The van der Waals surface area contributed by atoms with Gasteiger partial charge in [-0.3, -0.25) is 4.79 Å². The van der Waals surface area contributed by atoms with Crippen LogP contribution >= 0.6 is 0 Å². The van der Waals surface area contributed by atoms with Crippen molar-refractivity contribution in [3.05, 3.63) is 17.2 Å². The molecule has 5 heteroatoms. The molecule has 2 aliphatic rings. The second-order valence-corrected chi connectivity index (χ2v) is 5.42. The maximum Gasteiger partial charge on any atom is 0.243 e. The van der Waals surface area contributed by atoms with Crippen LogP contribution in [0.3, 0.4) is 0 Å². The van der Waals surface area contributed by atoms with Crippen molar-refractivity contribution in [2.24, 2.45) is 0 Å².